The van der Waals surface area contributed by atoms with Crippen molar-refractivity contribution in [3.63, 3.8) is 0 Å². The molecule has 0 saturated carbocycles. The van der Waals surface area contributed by atoms with Crippen molar-refractivity contribution in [2.75, 3.05) is 13.2 Å². The average molecular weight is 209 g/mol. The van der Waals surface area contributed by atoms with Crippen molar-refractivity contribution in [1.82, 2.24) is 0 Å². The summed E-state index contributed by atoms with van der Waals surface area (Å²) in [4.78, 5) is 20.3. The Kier molecular flexibility index (Phi) is 4.28. The lowest BCUT2D eigenvalue weighted by Gasteiger charge is -2.07. The number of ether oxygens (including phenoxy) is 1. The van der Waals surface area contributed by atoms with Crippen LogP contribution in [0.2, 0.25) is 0 Å². The van der Waals surface area contributed by atoms with Crippen LogP contribution in [-0.4, -0.2) is 24.2 Å². The fourth-order valence-electron chi connectivity index (χ4n) is 1.16. The van der Waals surface area contributed by atoms with Crippen molar-refractivity contribution < 1.29 is 14.6 Å². The molecule has 80 valence electrons. The summed E-state index contributed by atoms with van der Waals surface area (Å²) in [6.07, 6.45) is 0.458. The first-order chi connectivity index (χ1) is 7.24. The van der Waals surface area contributed by atoms with Gasteiger partial charge in [0.2, 0.25) is 0 Å². The molecule has 1 aromatic carbocycles. The molecule has 0 aliphatic rings. The fourth-order valence-corrected chi connectivity index (χ4v) is 1.16. The lowest BCUT2D eigenvalue weighted by atomic mass is 10.1. The molecule has 0 amide bonds. The van der Waals surface area contributed by atoms with Crippen LogP contribution >= 0.6 is 0 Å². The number of hydrogen-bond acceptors (Lipinski definition) is 4. The first-order valence-corrected chi connectivity index (χ1v) is 4.45. The first kappa shape index (κ1) is 11.2. The molecule has 5 heteroatoms. The standard InChI is InChI=1S/C10H11NO4/c12-10(13)7-15-9-4-2-1-3-8(9)5-6-11-14/h1-4H,5-7H2,(H,12,13). The van der Waals surface area contributed by atoms with Gasteiger partial charge < -0.3 is 9.84 Å². The Balaban J connectivity index is 2.67. The van der Waals surface area contributed by atoms with E-state index in [1.54, 1.807) is 24.3 Å². The Labute approximate surface area is 86.7 Å². The van der Waals surface area contributed by atoms with Crippen molar-refractivity contribution in [3.8, 4) is 5.75 Å². The second-order valence-electron chi connectivity index (χ2n) is 2.89. The highest BCUT2D eigenvalue weighted by Crippen LogP contribution is 2.18. The van der Waals surface area contributed by atoms with E-state index in [0.29, 0.717) is 12.2 Å². The maximum atomic E-state index is 10.3. The minimum absolute atomic E-state index is 0.160. The van der Waals surface area contributed by atoms with E-state index in [1.807, 2.05) is 0 Å². The molecule has 1 N–H and O–H groups in total. The summed E-state index contributed by atoms with van der Waals surface area (Å²) in [5.74, 6) is -0.540. The van der Waals surface area contributed by atoms with Crippen LogP contribution < -0.4 is 4.74 Å². The molecule has 0 bridgehead atoms. The zero-order valence-electron chi connectivity index (χ0n) is 8.05. The summed E-state index contributed by atoms with van der Waals surface area (Å²) in [5, 5.41) is 11.2. The van der Waals surface area contributed by atoms with Gasteiger partial charge in [0.25, 0.3) is 0 Å². The average Bonchev–Trinajstić information content (AvgIpc) is 2.24. The lowest BCUT2D eigenvalue weighted by molar-refractivity contribution is -0.139. The van der Waals surface area contributed by atoms with Crippen LogP contribution in [0.4, 0.5) is 0 Å². The van der Waals surface area contributed by atoms with E-state index < -0.39 is 5.97 Å². The molecule has 0 unspecified atom stereocenters. The molecular weight excluding hydrogens is 198 g/mol. The molecule has 0 heterocycles. The van der Waals surface area contributed by atoms with Crippen LogP contribution in [0.5, 0.6) is 5.75 Å². The normalized spacial score (nSPS) is 9.60. The molecule has 0 aliphatic heterocycles. The van der Waals surface area contributed by atoms with E-state index in [-0.39, 0.29) is 13.2 Å². The molecule has 0 aliphatic carbocycles. The van der Waals surface area contributed by atoms with Gasteiger partial charge in [-0.15, -0.1) is 0 Å². The molecule has 1 aromatic rings. The minimum atomic E-state index is -1.03. The van der Waals surface area contributed by atoms with Crippen molar-refractivity contribution in [2.24, 2.45) is 5.18 Å². The van der Waals surface area contributed by atoms with Gasteiger partial charge in [0.15, 0.2) is 6.61 Å². The number of carboxylic acids is 1. The summed E-state index contributed by atoms with van der Waals surface area (Å²) in [6.45, 7) is -0.223. The Morgan fingerprint density at radius 1 is 1.40 bits per heavy atom. The number of carboxylic acid groups (broad SMARTS) is 1. The van der Waals surface area contributed by atoms with E-state index in [0.717, 1.165) is 5.56 Å². The molecule has 0 fully saturated rings. The van der Waals surface area contributed by atoms with E-state index in [1.165, 1.54) is 0 Å². The molecule has 0 spiro atoms. The van der Waals surface area contributed by atoms with Crippen LogP contribution in [-0.2, 0) is 11.2 Å². The number of nitrogens with zero attached hydrogens (tertiary/aromatic N) is 1. The third-order valence-electron chi connectivity index (χ3n) is 1.80. The number of hydrogen-bond donors (Lipinski definition) is 1. The van der Waals surface area contributed by atoms with Crippen LogP contribution in [0.3, 0.4) is 0 Å². The second kappa shape index (κ2) is 5.74. The smallest absolute Gasteiger partial charge is 0.341 e. The van der Waals surface area contributed by atoms with Gasteiger partial charge in [-0.25, -0.2) is 4.79 Å². The number of rotatable bonds is 6. The summed E-state index contributed by atoms with van der Waals surface area (Å²) in [6, 6.07) is 6.99. The predicted molar refractivity (Wildman–Crippen MR) is 53.9 cm³/mol. The van der Waals surface area contributed by atoms with Gasteiger partial charge in [-0.3, -0.25) is 0 Å². The van der Waals surface area contributed by atoms with Crippen molar-refractivity contribution in [1.29, 1.82) is 0 Å². The van der Waals surface area contributed by atoms with Crippen molar-refractivity contribution in [2.45, 2.75) is 6.42 Å². The van der Waals surface area contributed by atoms with Crippen LogP contribution in [0.15, 0.2) is 29.4 Å². The number of nitroso groups, excluding NO2 is 1. The third-order valence-corrected chi connectivity index (χ3v) is 1.80. The molecule has 0 radical (unpaired) electrons. The highest BCUT2D eigenvalue weighted by atomic mass is 16.5. The van der Waals surface area contributed by atoms with Gasteiger partial charge in [-0.2, -0.15) is 4.91 Å². The zero-order chi connectivity index (χ0) is 11.1. The minimum Gasteiger partial charge on any atom is -0.482 e. The van der Waals surface area contributed by atoms with Gasteiger partial charge >= 0.3 is 5.97 Å². The van der Waals surface area contributed by atoms with Crippen molar-refractivity contribution >= 4 is 5.97 Å². The monoisotopic (exact) mass is 209 g/mol. The van der Waals surface area contributed by atoms with E-state index in [2.05, 4.69) is 5.18 Å². The van der Waals surface area contributed by atoms with Gasteiger partial charge in [0.1, 0.15) is 5.75 Å². The Hall–Kier alpha value is -1.91. The van der Waals surface area contributed by atoms with E-state index in [4.69, 9.17) is 9.84 Å². The largest absolute Gasteiger partial charge is 0.482 e. The van der Waals surface area contributed by atoms with E-state index >= 15 is 0 Å². The highest BCUT2D eigenvalue weighted by molar-refractivity contribution is 5.68. The summed E-state index contributed by atoms with van der Waals surface area (Å²) in [7, 11) is 0. The fraction of sp³-hybridized carbons (Fsp3) is 0.300. The second-order valence-corrected chi connectivity index (χ2v) is 2.89. The molecule has 15 heavy (non-hydrogen) atoms. The summed E-state index contributed by atoms with van der Waals surface area (Å²) in [5.41, 5.74) is 0.790. The van der Waals surface area contributed by atoms with Gasteiger partial charge in [0, 0.05) is 0 Å². The maximum Gasteiger partial charge on any atom is 0.341 e. The number of benzene rings is 1. The quantitative estimate of drug-likeness (QED) is 0.719. The highest BCUT2D eigenvalue weighted by Gasteiger charge is 2.04. The van der Waals surface area contributed by atoms with Crippen LogP contribution in [0, 0.1) is 4.91 Å². The van der Waals surface area contributed by atoms with Gasteiger partial charge in [0.05, 0.1) is 6.54 Å². The first-order valence-electron chi connectivity index (χ1n) is 4.45. The molecule has 0 aromatic heterocycles. The van der Waals surface area contributed by atoms with E-state index in [9.17, 15) is 9.70 Å². The van der Waals surface area contributed by atoms with Crippen LogP contribution in [0.1, 0.15) is 5.56 Å². The third kappa shape index (κ3) is 3.76. The summed E-state index contributed by atoms with van der Waals surface area (Å²) < 4.78 is 5.05. The molecule has 0 atom stereocenters. The Morgan fingerprint density at radius 3 is 2.80 bits per heavy atom. The van der Waals surface area contributed by atoms with Crippen LogP contribution in [0.25, 0.3) is 0 Å². The molecular formula is C10H11NO4. The number of carbonyl (C=O) groups is 1. The zero-order valence-corrected chi connectivity index (χ0v) is 8.05. The lowest BCUT2D eigenvalue weighted by Crippen LogP contribution is -2.10. The van der Waals surface area contributed by atoms with Gasteiger partial charge in [-0.1, -0.05) is 23.4 Å². The Bertz CT molecular complexity index is 351. The molecule has 0 saturated heterocycles. The maximum absolute atomic E-state index is 10.3. The van der Waals surface area contributed by atoms with Crippen molar-refractivity contribution in [3.05, 3.63) is 34.7 Å². The topological polar surface area (TPSA) is 76.0 Å². The molecule has 5 nitrogen and oxygen atoms in total. The Morgan fingerprint density at radius 2 is 2.13 bits per heavy atom. The van der Waals surface area contributed by atoms with Gasteiger partial charge in [-0.05, 0) is 18.1 Å². The number of para-hydroxylation sites is 1. The SMILES string of the molecule is O=NCCc1ccccc1OCC(=O)O. The predicted octanol–water partition coefficient (Wildman–Crippen LogP) is 1.46. The number of aliphatic carboxylic acids is 1. The molecule has 1 rings (SSSR count). The summed E-state index contributed by atoms with van der Waals surface area (Å²) >= 11 is 0.